The Bertz CT molecular complexity index is 1290. The normalized spacial score (nSPS) is 14.8. The lowest BCUT2D eigenvalue weighted by molar-refractivity contribution is -0.125. The molecule has 33 heavy (non-hydrogen) atoms. The SMILES string of the molecule is Cc1ccc2cnn(CCCNC(=O)C3CCN(c4ccnc5ccc(F)cc45)CC3)c2c1. The smallest absolute Gasteiger partial charge is 0.223 e. The summed E-state index contributed by atoms with van der Waals surface area (Å²) >= 11 is 0. The lowest BCUT2D eigenvalue weighted by Gasteiger charge is -2.33. The zero-order chi connectivity index (χ0) is 22.8. The monoisotopic (exact) mass is 445 g/mol. The molecule has 6 nitrogen and oxygen atoms in total. The number of carbonyl (C=O) groups is 1. The Morgan fingerprint density at radius 3 is 2.85 bits per heavy atom. The van der Waals surface area contributed by atoms with Crippen LogP contribution < -0.4 is 10.2 Å². The van der Waals surface area contributed by atoms with Gasteiger partial charge in [0.25, 0.3) is 0 Å². The number of rotatable bonds is 6. The Hall–Kier alpha value is -3.48. The molecule has 0 aliphatic carbocycles. The van der Waals surface area contributed by atoms with Crippen molar-refractivity contribution < 1.29 is 9.18 Å². The van der Waals surface area contributed by atoms with Crippen molar-refractivity contribution in [3.05, 3.63) is 66.2 Å². The number of hydrogen-bond donors (Lipinski definition) is 1. The van der Waals surface area contributed by atoms with Crippen LogP contribution in [0.2, 0.25) is 0 Å². The second kappa shape index (κ2) is 9.17. The second-order valence-electron chi connectivity index (χ2n) is 8.83. The van der Waals surface area contributed by atoms with Gasteiger partial charge in [-0.15, -0.1) is 0 Å². The van der Waals surface area contributed by atoms with E-state index in [9.17, 15) is 9.18 Å². The first-order chi connectivity index (χ1) is 16.1. The molecule has 0 radical (unpaired) electrons. The fourth-order valence-electron chi connectivity index (χ4n) is 4.71. The standard InChI is InChI=1S/C26H28FN5O/c1-18-3-4-20-17-30-32(25(20)15-18)12-2-10-29-26(33)19-8-13-31(14-9-19)24-7-11-28-23-6-5-21(27)16-22(23)24/h3-7,11,15-17,19H,2,8-10,12-14H2,1H3,(H,29,33). The summed E-state index contributed by atoms with van der Waals surface area (Å²) in [5.74, 6) is -0.120. The van der Waals surface area contributed by atoms with E-state index in [1.54, 1.807) is 18.3 Å². The van der Waals surface area contributed by atoms with Gasteiger partial charge in [0.1, 0.15) is 5.82 Å². The molecule has 1 aliphatic rings. The minimum Gasteiger partial charge on any atom is -0.371 e. The lowest BCUT2D eigenvalue weighted by atomic mass is 9.95. The highest BCUT2D eigenvalue weighted by Crippen LogP contribution is 2.30. The number of pyridine rings is 1. The van der Waals surface area contributed by atoms with E-state index in [4.69, 9.17) is 0 Å². The molecule has 7 heteroatoms. The summed E-state index contributed by atoms with van der Waals surface area (Å²) in [6.45, 7) is 5.04. The third kappa shape index (κ3) is 4.53. The average molecular weight is 446 g/mol. The van der Waals surface area contributed by atoms with E-state index in [0.717, 1.165) is 66.4 Å². The molecule has 5 rings (SSSR count). The number of aromatic nitrogens is 3. The predicted molar refractivity (Wildman–Crippen MR) is 129 cm³/mol. The van der Waals surface area contributed by atoms with Crippen LogP contribution in [0.5, 0.6) is 0 Å². The number of halogens is 1. The van der Waals surface area contributed by atoms with Crippen LogP contribution in [0.4, 0.5) is 10.1 Å². The number of hydrogen-bond acceptors (Lipinski definition) is 4. The third-order valence-electron chi connectivity index (χ3n) is 6.53. The maximum Gasteiger partial charge on any atom is 0.223 e. The van der Waals surface area contributed by atoms with Gasteiger partial charge in [0.2, 0.25) is 5.91 Å². The number of amides is 1. The average Bonchev–Trinajstić information content (AvgIpc) is 3.23. The number of piperidine rings is 1. The maximum atomic E-state index is 13.8. The van der Waals surface area contributed by atoms with E-state index in [1.165, 1.54) is 11.6 Å². The molecule has 1 fully saturated rings. The molecule has 4 aromatic rings. The number of aryl methyl sites for hydroxylation is 2. The first kappa shape index (κ1) is 21.4. The molecule has 2 aromatic heterocycles. The summed E-state index contributed by atoms with van der Waals surface area (Å²) in [4.78, 5) is 19.3. The molecule has 1 amide bonds. The van der Waals surface area contributed by atoms with Crippen LogP contribution in [-0.4, -0.2) is 40.3 Å². The minimum atomic E-state index is -0.260. The Kier molecular flexibility index (Phi) is 5.94. The lowest BCUT2D eigenvalue weighted by Crippen LogP contribution is -2.41. The van der Waals surface area contributed by atoms with Crippen molar-refractivity contribution in [2.75, 3.05) is 24.5 Å². The largest absolute Gasteiger partial charge is 0.371 e. The molecule has 0 spiro atoms. The number of anilines is 1. The van der Waals surface area contributed by atoms with Crippen LogP contribution in [0.15, 0.2) is 54.9 Å². The Labute approximate surface area is 192 Å². The van der Waals surface area contributed by atoms with E-state index >= 15 is 0 Å². The number of nitrogens with zero attached hydrogens (tertiary/aromatic N) is 4. The predicted octanol–water partition coefficient (Wildman–Crippen LogP) is 4.45. The van der Waals surface area contributed by atoms with Gasteiger partial charge >= 0.3 is 0 Å². The van der Waals surface area contributed by atoms with Crippen molar-refractivity contribution in [1.29, 1.82) is 0 Å². The van der Waals surface area contributed by atoms with Crippen molar-refractivity contribution in [3.8, 4) is 0 Å². The van der Waals surface area contributed by atoms with Gasteiger partial charge in [-0.05, 0) is 62.1 Å². The van der Waals surface area contributed by atoms with Crippen molar-refractivity contribution in [1.82, 2.24) is 20.1 Å². The van der Waals surface area contributed by atoms with Crippen molar-refractivity contribution in [2.24, 2.45) is 5.92 Å². The molecule has 1 aliphatic heterocycles. The van der Waals surface area contributed by atoms with Crippen LogP contribution in [0.1, 0.15) is 24.8 Å². The summed E-state index contributed by atoms with van der Waals surface area (Å²) in [6.07, 6.45) is 6.06. The summed E-state index contributed by atoms with van der Waals surface area (Å²) in [7, 11) is 0. The van der Waals surface area contributed by atoms with Crippen molar-refractivity contribution in [3.63, 3.8) is 0 Å². The second-order valence-corrected chi connectivity index (χ2v) is 8.83. The van der Waals surface area contributed by atoms with Gasteiger partial charge in [0.05, 0.1) is 17.2 Å². The number of fused-ring (bicyclic) bond motifs is 2. The van der Waals surface area contributed by atoms with E-state index < -0.39 is 0 Å². The highest BCUT2D eigenvalue weighted by molar-refractivity contribution is 5.91. The van der Waals surface area contributed by atoms with Crippen molar-refractivity contribution in [2.45, 2.75) is 32.7 Å². The van der Waals surface area contributed by atoms with E-state index in [-0.39, 0.29) is 17.6 Å². The van der Waals surface area contributed by atoms with Crippen LogP contribution in [-0.2, 0) is 11.3 Å². The number of nitrogens with one attached hydrogen (secondary N) is 1. The summed E-state index contributed by atoms with van der Waals surface area (Å²) < 4.78 is 15.8. The van der Waals surface area contributed by atoms with Crippen LogP contribution >= 0.6 is 0 Å². The molecule has 0 unspecified atom stereocenters. The summed E-state index contributed by atoms with van der Waals surface area (Å²) in [5.41, 5.74) is 4.12. The van der Waals surface area contributed by atoms with E-state index in [1.807, 2.05) is 16.9 Å². The molecule has 1 N–H and O–H groups in total. The highest BCUT2D eigenvalue weighted by Gasteiger charge is 2.25. The van der Waals surface area contributed by atoms with Gasteiger partial charge in [-0.2, -0.15) is 5.10 Å². The van der Waals surface area contributed by atoms with Crippen LogP contribution in [0, 0.1) is 18.7 Å². The number of benzene rings is 2. The fraction of sp³-hybridized carbons (Fsp3) is 0.346. The Morgan fingerprint density at radius 1 is 1.15 bits per heavy atom. The molecule has 170 valence electrons. The zero-order valence-electron chi connectivity index (χ0n) is 18.8. The van der Waals surface area contributed by atoms with Crippen LogP contribution in [0.3, 0.4) is 0 Å². The zero-order valence-corrected chi connectivity index (χ0v) is 18.8. The molecule has 0 bridgehead atoms. The van der Waals surface area contributed by atoms with Gasteiger partial charge in [0.15, 0.2) is 0 Å². The quantitative estimate of drug-likeness (QED) is 0.445. The van der Waals surface area contributed by atoms with Gasteiger partial charge in [-0.25, -0.2) is 4.39 Å². The third-order valence-corrected chi connectivity index (χ3v) is 6.53. The fourth-order valence-corrected chi connectivity index (χ4v) is 4.71. The van der Waals surface area contributed by atoms with Crippen LogP contribution in [0.25, 0.3) is 21.8 Å². The molecule has 0 atom stereocenters. The molecular formula is C26H28FN5O. The maximum absolute atomic E-state index is 13.8. The molecular weight excluding hydrogens is 417 g/mol. The topological polar surface area (TPSA) is 63.1 Å². The molecule has 2 aromatic carbocycles. The highest BCUT2D eigenvalue weighted by atomic mass is 19.1. The first-order valence-electron chi connectivity index (χ1n) is 11.6. The summed E-state index contributed by atoms with van der Waals surface area (Å²) in [5, 5.41) is 9.55. The van der Waals surface area contributed by atoms with Crippen molar-refractivity contribution >= 4 is 33.4 Å². The number of carbonyl (C=O) groups excluding carboxylic acids is 1. The Balaban J connectivity index is 1.12. The minimum absolute atomic E-state index is 0.0132. The van der Waals surface area contributed by atoms with Gasteiger partial charge in [-0.1, -0.05) is 12.1 Å². The molecule has 0 saturated carbocycles. The molecule has 1 saturated heterocycles. The molecule has 3 heterocycles. The first-order valence-corrected chi connectivity index (χ1v) is 11.6. The van der Waals surface area contributed by atoms with E-state index in [2.05, 4.69) is 45.4 Å². The van der Waals surface area contributed by atoms with Gasteiger partial charge < -0.3 is 10.2 Å². The van der Waals surface area contributed by atoms with Gasteiger partial charge in [0, 0.05) is 54.8 Å². The van der Waals surface area contributed by atoms with Gasteiger partial charge in [-0.3, -0.25) is 14.5 Å². The van der Waals surface area contributed by atoms with E-state index in [0.29, 0.717) is 6.54 Å². The Morgan fingerprint density at radius 2 is 2.00 bits per heavy atom. The summed E-state index contributed by atoms with van der Waals surface area (Å²) in [6, 6.07) is 13.0.